The summed E-state index contributed by atoms with van der Waals surface area (Å²) in [6.45, 7) is 5.72. The Hall–Kier alpha value is -1.85. The van der Waals surface area contributed by atoms with E-state index in [0.717, 1.165) is 18.9 Å². The molecule has 24 heavy (non-hydrogen) atoms. The lowest BCUT2D eigenvalue weighted by Gasteiger charge is -2.17. The predicted octanol–water partition coefficient (Wildman–Crippen LogP) is 3.50. The number of benzene rings is 1. The van der Waals surface area contributed by atoms with E-state index < -0.39 is 0 Å². The molecule has 0 bridgehead atoms. The molecule has 2 aromatic rings. The Morgan fingerprint density at radius 2 is 1.88 bits per heavy atom. The Morgan fingerprint density at radius 3 is 2.46 bits per heavy atom. The minimum Gasteiger partial charge on any atom is -0.380 e. The number of rotatable bonds is 7. The van der Waals surface area contributed by atoms with Gasteiger partial charge in [0.2, 0.25) is 0 Å². The normalized spacial score (nSPS) is 12.9. The second-order valence-electron chi connectivity index (χ2n) is 5.94. The molecule has 1 aromatic heterocycles. The van der Waals surface area contributed by atoms with Gasteiger partial charge in [-0.25, -0.2) is 0 Å². The first-order valence-corrected chi connectivity index (χ1v) is 9.01. The molecule has 1 heterocycles. The van der Waals surface area contributed by atoms with Crippen LogP contribution in [0.15, 0.2) is 41.4 Å². The zero-order valence-corrected chi connectivity index (χ0v) is 15.7. The number of nitrogens with zero attached hydrogens (tertiary/aromatic N) is 1. The fourth-order valence-electron chi connectivity index (χ4n) is 2.48. The maximum absolute atomic E-state index is 5.13. The van der Waals surface area contributed by atoms with E-state index in [1.165, 1.54) is 20.9 Å². The number of guanidine groups is 1. The van der Waals surface area contributed by atoms with Crippen LogP contribution in [-0.2, 0) is 24.3 Å². The first kappa shape index (κ1) is 18.5. The molecule has 4 nitrogen and oxygen atoms in total. The number of hydrogen-bond acceptors (Lipinski definition) is 3. The highest BCUT2D eigenvalue weighted by molar-refractivity contribution is 7.11. The Labute approximate surface area is 149 Å². The highest BCUT2D eigenvalue weighted by atomic mass is 32.1. The third-order valence-electron chi connectivity index (χ3n) is 3.70. The number of methoxy groups -OCH3 is 1. The van der Waals surface area contributed by atoms with E-state index in [2.05, 4.69) is 65.9 Å². The average Bonchev–Trinajstić information content (AvgIpc) is 2.98. The van der Waals surface area contributed by atoms with Crippen LogP contribution in [0, 0.1) is 6.92 Å². The van der Waals surface area contributed by atoms with Crippen molar-refractivity contribution in [2.45, 2.75) is 39.5 Å². The molecule has 0 saturated heterocycles. The van der Waals surface area contributed by atoms with E-state index in [9.17, 15) is 0 Å². The Bertz CT molecular complexity index is 649. The molecule has 0 aliphatic rings. The summed E-state index contributed by atoms with van der Waals surface area (Å²) in [6, 6.07) is 13.1. The maximum Gasteiger partial charge on any atom is 0.191 e. The summed E-state index contributed by atoms with van der Waals surface area (Å²) in [6.07, 6.45) is 1.00. The zero-order chi connectivity index (χ0) is 17.4. The molecule has 0 saturated carbocycles. The van der Waals surface area contributed by atoms with Gasteiger partial charge in [-0.3, -0.25) is 4.99 Å². The van der Waals surface area contributed by atoms with Crippen molar-refractivity contribution in [1.29, 1.82) is 0 Å². The molecule has 0 radical (unpaired) electrons. The standard InChI is InChI=1S/C19H27N3OS/c1-14(11-18-10-5-15(2)24-18)22-19(20-3)21-12-16-6-8-17(9-7-16)13-23-4/h5-10,14H,11-13H2,1-4H3,(H2,20,21,22). The molecule has 1 aromatic carbocycles. The van der Waals surface area contributed by atoms with Crippen molar-refractivity contribution in [2.75, 3.05) is 14.2 Å². The van der Waals surface area contributed by atoms with Gasteiger partial charge in [-0.2, -0.15) is 0 Å². The number of aryl methyl sites for hydroxylation is 1. The van der Waals surface area contributed by atoms with Gasteiger partial charge in [0, 0.05) is 42.9 Å². The Morgan fingerprint density at radius 1 is 1.17 bits per heavy atom. The number of nitrogens with one attached hydrogen (secondary N) is 2. The summed E-state index contributed by atoms with van der Waals surface area (Å²) < 4.78 is 5.13. The lowest BCUT2D eigenvalue weighted by atomic mass is 10.1. The van der Waals surface area contributed by atoms with Gasteiger partial charge in [-0.15, -0.1) is 11.3 Å². The summed E-state index contributed by atoms with van der Waals surface area (Å²) >= 11 is 1.86. The molecule has 2 rings (SSSR count). The molecule has 1 atom stereocenters. The molecule has 2 N–H and O–H groups in total. The quantitative estimate of drug-likeness (QED) is 0.596. The molecule has 0 aliphatic carbocycles. The third kappa shape index (κ3) is 5.98. The van der Waals surface area contributed by atoms with Gasteiger partial charge in [0.15, 0.2) is 5.96 Å². The third-order valence-corrected chi connectivity index (χ3v) is 4.73. The van der Waals surface area contributed by atoms with Gasteiger partial charge in [0.1, 0.15) is 0 Å². The van der Waals surface area contributed by atoms with Crippen LogP contribution in [0.2, 0.25) is 0 Å². The molecule has 0 spiro atoms. The largest absolute Gasteiger partial charge is 0.380 e. The lowest BCUT2D eigenvalue weighted by molar-refractivity contribution is 0.185. The van der Waals surface area contributed by atoms with E-state index >= 15 is 0 Å². The number of aliphatic imine (C=N–C) groups is 1. The smallest absolute Gasteiger partial charge is 0.191 e. The number of hydrogen-bond donors (Lipinski definition) is 2. The monoisotopic (exact) mass is 345 g/mol. The summed E-state index contributed by atoms with van der Waals surface area (Å²) in [5, 5.41) is 6.82. The summed E-state index contributed by atoms with van der Waals surface area (Å²) in [5.41, 5.74) is 2.41. The van der Waals surface area contributed by atoms with Gasteiger partial charge in [-0.05, 0) is 37.1 Å². The van der Waals surface area contributed by atoms with Crippen LogP contribution in [0.3, 0.4) is 0 Å². The molecule has 0 fully saturated rings. The van der Waals surface area contributed by atoms with Crippen molar-refractivity contribution in [3.05, 3.63) is 57.3 Å². The van der Waals surface area contributed by atoms with E-state index in [4.69, 9.17) is 4.74 Å². The van der Waals surface area contributed by atoms with Crippen molar-refractivity contribution >= 4 is 17.3 Å². The van der Waals surface area contributed by atoms with Crippen LogP contribution < -0.4 is 10.6 Å². The van der Waals surface area contributed by atoms with Gasteiger partial charge >= 0.3 is 0 Å². The van der Waals surface area contributed by atoms with Gasteiger partial charge in [0.05, 0.1) is 6.61 Å². The Kier molecular flexibility index (Phi) is 7.28. The van der Waals surface area contributed by atoms with Crippen molar-refractivity contribution in [1.82, 2.24) is 10.6 Å². The fraction of sp³-hybridized carbons (Fsp3) is 0.421. The minimum absolute atomic E-state index is 0.332. The Balaban J connectivity index is 1.81. The second kappa shape index (κ2) is 9.45. The van der Waals surface area contributed by atoms with E-state index in [0.29, 0.717) is 12.6 Å². The predicted molar refractivity (Wildman–Crippen MR) is 103 cm³/mol. The van der Waals surface area contributed by atoms with Crippen LogP contribution in [0.25, 0.3) is 0 Å². The molecular formula is C19H27N3OS. The van der Waals surface area contributed by atoms with Crippen LogP contribution in [0.1, 0.15) is 27.8 Å². The number of ether oxygens (including phenoxy) is 1. The molecule has 130 valence electrons. The molecule has 0 aliphatic heterocycles. The van der Waals surface area contributed by atoms with E-state index in [1.807, 2.05) is 11.3 Å². The number of thiophene rings is 1. The van der Waals surface area contributed by atoms with Crippen LogP contribution >= 0.6 is 11.3 Å². The SMILES string of the molecule is CN=C(NCc1ccc(COC)cc1)NC(C)Cc1ccc(C)s1. The van der Waals surface area contributed by atoms with Gasteiger partial charge < -0.3 is 15.4 Å². The van der Waals surface area contributed by atoms with Crippen molar-refractivity contribution in [3.63, 3.8) is 0 Å². The van der Waals surface area contributed by atoms with Crippen molar-refractivity contribution < 1.29 is 4.74 Å². The first-order chi connectivity index (χ1) is 11.6. The van der Waals surface area contributed by atoms with Crippen LogP contribution in [-0.4, -0.2) is 26.2 Å². The molecule has 1 unspecified atom stereocenters. The van der Waals surface area contributed by atoms with Crippen LogP contribution in [0.5, 0.6) is 0 Å². The molecule has 5 heteroatoms. The van der Waals surface area contributed by atoms with Crippen molar-refractivity contribution in [2.24, 2.45) is 4.99 Å². The highest BCUT2D eigenvalue weighted by Crippen LogP contribution is 2.16. The molecular weight excluding hydrogens is 318 g/mol. The maximum atomic E-state index is 5.13. The topological polar surface area (TPSA) is 45.7 Å². The summed E-state index contributed by atoms with van der Waals surface area (Å²) in [4.78, 5) is 7.07. The lowest BCUT2D eigenvalue weighted by Crippen LogP contribution is -2.42. The molecule has 0 amide bonds. The fourth-order valence-corrected chi connectivity index (χ4v) is 3.50. The average molecular weight is 346 g/mol. The second-order valence-corrected chi connectivity index (χ2v) is 7.31. The summed E-state index contributed by atoms with van der Waals surface area (Å²) in [5.74, 6) is 0.830. The van der Waals surface area contributed by atoms with Gasteiger partial charge in [0.25, 0.3) is 0 Å². The van der Waals surface area contributed by atoms with Gasteiger partial charge in [-0.1, -0.05) is 24.3 Å². The first-order valence-electron chi connectivity index (χ1n) is 8.20. The van der Waals surface area contributed by atoms with E-state index in [1.54, 1.807) is 14.2 Å². The summed E-state index contributed by atoms with van der Waals surface area (Å²) in [7, 11) is 3.52. The van der Waals surface area contributed by atoms with Crippen molar-refractivity contribution in [3.8, 4) is 0 Å². The van der Waals surface area contributed by atoms with E-state index in [-0.39, 0.29) is 0 Å². The minimum atomic E-state index is 0.332. The van der Waals surface area contributed by atoms with Crippen LogP contribution in [0.4, 0.5) is 0 Å². The zero-order valence-electron chi connectivity index (χ0n) is 14.9. The highest BCUT2D eigenvalue weighted by Gasteiger charge is 2.07.